The highest BCUT2D eigenvalue weighted by Gasteiger charge is 2.35. The van der Waals surface area contributed by atoms with Crippen molar-refractivity contribution in [2.24, 2.45) is 0 Å². The molecule has 1 atom stereocenters. The average Bonchev–Trinajstić information content (AvgIpc) is 3.03. The molecule has 1 aromatic heterocycles. The number of fused-ring (bicyclic) bond motifs is 1. The highest BCUT2D eigenvalue weighted by molar-refractivity contribution is 8.00. The Kier molecular flexibility index (Phi) is 4.32. The van der Waals surface area contributed by atoms with Gasteiger partial charge in [-0.15, -0.1) is 11.8 Å². The number of amides is 1. The lowest BCUT2D eigenvalue weighted by atomic mass is 10.1. The number of thioether (sulfide) groups is 1. The van der Waals surface area contributed by atoms with Gasteiger partial charge >= 0.3 is 0 Å². The molecule has 26 heavy (non-hydrogen) atoms. The second kappa shape index (κ2) is 6.65. The molecule has 0 spiro atoms. The number of carbonyl (C=O) groups excluding carboxylic acids is 1. The van der Waals surface area contributed by atoms with Gasteiger partial charge < -0.3 is 4.74 Å². The van der Waals surface area contributed by atoms with E-state index in [2.05, 4.69) is 38.1 Å². The van der Waals surface area contributed by atoms with Crippen LogP contribution in [-0.4, -0.2) is 23.8 Å². The maximum absolute atomic E-state index is 12.6. The van der Waals surface area contributed by atoms with E-state index in [0.29, 0.717) is 5.75 Å². The van der Waals surface area contributed by atoms with Crippen molar-refractivity contribution < 1.29 is 9.53 Å². The van der Waals surface area contributed by atoms with Gasteiger partial charge in [0.25, 0.3) is 0 Å². The molecular weight excluding hydrogens is 344 g/mol. The molecule has 2 aromatic carbocycles. The Morgan fingerprint density at radius 1 is 1.12 bits per heavy atom. The van der Waals surface area contributed by atoms with Gasteiger partial charge in [0.2, 0.25) is 5.91 Å². The minimum absolute atomic E-state index is 0.106. The molecule has 5 heteroatoms. The Morgan fingerprint density at radius 3 is 2.62 bits per heavy atom. The number of rotatable bonds is 3. The van der Waals surface area contributed by atoms with E-state index in [4.69, 9.17) is 9.72 Å². The predicted octanol–water partition coefficient (Wildman–Crippen LogP) is 4.64. The Bertz CT molecular complexity index is 985. The van der Waals surface area contributed by atoms with Crippen molar-refractivity contribution in [1.82, 2.24) is 4.98 Å². The van der Waals surface area contributed by atoms with Crippen LogP contribution in [0.15, 0.2) is 48.5 Å². The first-order chi connectivity index (χ1) is 12.6. The minimum atomic E-state index is -0.112. The number of nitrogens with zero attached hydrogens (tertiary/aromatic N) is 2. The maximum Gasteiger partial charge on any atom is 0.238 e. The predicted molar refractivity (Wildman–Crippen MR) is 107 cm³/mol. The monoisotopic (exact) mass is 364 g/mol. The maximum atomic E-state index is 12.6. The first-order valence-corrected chi connectivity index (χ1v) is 9.57. The summed E-state index contributed by atoms with van der Waals surface area (Å²) >= 11 is 1.62. The number of carbonyl (C=O) groups is 1. The van der Waals surface area contributed by atoms with E-state index in [1.165, 1.54) is 11.1 Å². The van der Waals surface area contributed by atoms with Crippen LogP contribution in [0.1, 0.15) is 22.2 Å². The molecule has 0 saturated carbocycles. The van der Waals surface area contributed by atoms with Crippen molar-refractivity contribution in [2.45, 2.75) is 19.2 Å². The van der Waals surface area contributed by atoms with Crippen LogP contribution < -0.4 is 9.64 Å². The van der Waals surface area contributed by atoms with E-state index >= 15 is 0 Å². The average molecular weight is 364 g/mol. The van der Waals surface area contributed by atoms with Crippen LogP contribution in [0.2, 0.25) is 0 Å². The molecule has 0 aliphatic carbocycles. The lowest BCUT2D eigenvalue weighted by molar-refractivity contribution is -0.115. The van der Waals surface area contributed by atoms with Gasteiger partial charge in [0.1, 0.15) is 11.1 Å². The highest BCUT2D eigenvalue weighted by Crippen LogP contribution is 2.42. The molecule has 0 N–H and O–H groups in total. The zero-order valence-electron chi connectivity index (χ0n) is 15.0. The zero-order chi connectivity index (χ0) is 18.3. The van der Waals surface area contributed by atoms with Gasteiger partial charge in [-0.1, -0.05) is 12.1 Å². The minimum Gasteiger partial charge on any atom is -0.497 e. The van der Waals surface area contributed by atoms with Crippen LogP contribution in [0.5, 0.6) is 5.75 Å². The molecular formula is C21H20N2O2S. The van der Waals surface area contributed by atoms with E-state index in [9.17, 15) is 4.79 Å². The van der Waals surface area contributed by atoms with E-state index in [1.54, 1.807) is 18.9 Å². The van der Waals surface area contributed by atoms with Crippen LogP contribution in [-0.2, 0) is 4.79 Å². The normalized spacial score (nSPS) is 17.1. The van der Waals surface area contributed by atoms with E-state index in [-0.39, 0.29) is 11.3 Å². The van der Waals surface area contributed by atoms with Crippen LogP contribution in [0, 0.1) is 13.8 Å². The quantitative estimate of drug-likeness (QED) is 0.679. The lowest BCUT2D eigenvalue weighted by Gasteiger charge is -2.24. The smallest absolute Gasteiger partial charge is 0.238 e. The second-order valence-corrected chi connectivity index (χ2v) is 7.58. The summed E-state index contributed by atoms with van der Waals surface area (Å²) in [4.78, 5) is 19.3. The van der Waals surface area contributed by atoms with Crippen LogP contribution in [0.3, 0.4) is 0 Å². The fourth-order valence-electron chi connectivity index (χ4n) is 3.33. The number of hydrogen-bond donors (Lipinski definition) is 0. The summed E-state index contributed by atoms with van der Waals surface area (Å²) in [6, 6.07) is 16.0. The molecule has 4 rings (SSSR count). The molecule has 132 valence electrons. The Labute approximate surface area is 157 Å². The molecule has 1 unspecified atom stereocenters. The summed E-state index contributed by atoms with van der Waals surface area (Å²) in [5.74, 6) is 1.34. The standard InChI is InChI=1S/C21H20N2O2S/c1-13-4-9-17-14(2)11-19(22-18(17)10-13)21-23(20(24)12-26-21)15-5-7-16(25-3)8-6-15/h4-11,21H,12H2,1-3H3. The van der Waals surface area contributed by atoms with Gasteiger partial charge in [-0.2, -0.15) is 0 Å². The molecule has 1 fully saturated rings. The third-order valence-corrected chi connectivity index (χ3v) is 5.85. The van der Waals surface area contributed by atoms with Crippen molar-refractivity contribution in [1.29, 1.82) is 0 Å². The topological polar surface area (TPSA) is 42.4 Å². The van der Waals surface area contributed by atoms with Gasteiger partial charge in [-0.25, -0.2) is 4.98 Å². The molecule has 1 amide bonds. The van der Waals surface area contributed by atoms with E-state index < -0.39 is 0 Å². The van der Waals surface area contributed by atoms with Crippen molar-refractivity contribution in [3.8, 4) is 5.75 Å². The second-order valence-electron chi connectivity index (χ2n) is 6.51. The van der Waals surface area contributed by atoms with Crippen molar-refractivity contribution >= 4 is 34.3 Å². The number of benzene rings is 2. The largest absolute Gasteiger partial charge is 0.497 e. The molecule has 1 saturated heterocycles. The summed E-state index contributed by atoms with van der Waals surface area (Å²) in [5.41, 5.74) is 5.14. The molecule has 3 aromatic rings. The van der Waals surface area contributed by atoms with Crippen molar-refractivity contribution in [3.05, 3.63) is 65.4 Å². The van der Waals surface area contributed by atoms with Crippen molar-refractivity contribution in [3.63, 3.8) is 0 Å². The van der Waals surface area contributed by atoms with Crippen molar-refractivity contribution in [2.75, 3.05) is 17.8 Å². The zero-order valence-corrected chi connectivity index (χ0v) is 15.8. The third-order valence-electron chi connectivity index (χ3n) is 4.66. The summed E-state index contributed by atoms with van der Waals surface area (Å²) in [5, 5.41) is 1.05. The number of hydrogen-bond acceptors (Lipinski definition) is 4. The Morgan fingerprint density at radius 2 is 1.88 bits per heavy atom. The van der Waals surface area contributed by atoms with E-state index in [0.717, 1.165) is 28.0 Å². The SMILES string of the molecule is COc1ccc(N2C(=O)CSC2c2cc(C)c3ccc(C)cc3n2)cc1. The van der Waals surface area contributed by atoms with Gasteiger partial charge in [0.05, 0.1) is 24.1 Å². The van der Waals surface area contributed by atoms with Crippen LogP contribution >= 0.6 is 11.8 Å². The third kappa shape index (κ3) is 2.92. The summed E-state index contributed by atoms with van der Waals surface area (Å²) in [7, 11) is 1.64. The molecule has 1 aliphatic rings. The number of anilines is 1. The first-order valence-electron chi connectivity index (χ1n) is 8.52. The van der Waals surface area contributed by atoms with E-state index in [1.807, 2.05) is 29.2 Å². The fourth-order valence-corrected chi connectivity index (χ4v) is 4.45. The number of pyridine rings is 1. The number of aryl methyl sites for hydroxylation is 2. The summed E-state index contributed by atoms with van der Waals surface area (Å²) in [6.07, 6.45) is 0. The van der Waals surface area contributed by atoms with Crippen LogP contribution in [0.25, 0.3) is 10.9 Å². The van der Waals surface area contributed by atoms with Gasteiger partial charge in [-0.05, 0) is 61.4 Å². The number of methoxy groups -OCH3 is 1. The first kappa shape index (κ1) is 16.9. The van der Waals surface area contributed by atoms with Gasteiger partial charge in [0, 0.05) is 11.1 Å². The number of aromatic nitrogens is 1. The Balaban J connectivity index is 1.77. The lowest BCUT2D eigenvalue weighted by Crippen LogP contribution is -2.28. The molecule has 1 aliphatic heterocycles. The van der Waals surface area contributed by atoms with Gasteiger partial charge in [-0.3, -0.25) is 9.69 Å². The Hall–Kier alpha value is -2.53. The highest BCUT2D eigenvalue weighted by atomic mass is 32.2. The molecule has 0 bridgehead atoms. The van der Waals surface area contributed by atoms with Crippen LogP contribution in [0.4, 0.5) is 5.69 Å². The number of ether oxygens (including phenoxy) is 1. The molecule has 2 heterocycles. The summed E-state index contributed by atoms with van der Waals surface area (Å²) < 4.78 is 5.22. The molecule has 4 nitrogen and oxygen atoms in total. The fraction of sp³-hybridized carbons (Fsp3) is 0.238. The molecule has 0 radical (unpaired) electrons. The summed E-state index contributed by atoms with van der Waals surface area (Å²) in [6.45, 7) is 4.17. The van der Waals surface area contributed by atoms with Gasteiger partial charge in [0.15, 0.2) is 0 Å².